The molecule has 2 aliphatic rings. The second-order valence-corrected chi connectivity index (χ2v) is 5.14. The van der Waals surface area contributed by atoms with Gasteiger partial charge in [-0.2, -0.15) is 0 Å². The molecule has 0 spiro atoms. The first kappa shape index (κ1) is 10.8. The zero-order chi connectivity index (χ0) is 11.8. The van der Waals surface area contributed by atoms with Crippen molar-refractivity contribution in [1.82, 2.24) is 0 Å². The summed E-state index contributed by atoms with van der Waals surface area (Å²) in [5.74, 6) is 1.24. The van der Waals surface area contributed by atoms with Gasteiger partial charge in [-0.05, 0) is 42.9 Å². The minimum absolute atomic E-state index is 0.230. The number of carbonyl (C=O) groups excluding carboxylic acids is 1. The molecule has 1 aromatic carbocycles. The SMILES string of the molecule is NCC1CC(=O)N(c2ccccc2C2CC2)C1. The summed E-state index contributed by atoms with van der Waals surface area (Å²) in [7, 11) is 0. The third kappa shape index (κ3) is 1.95. The number of hydrogen-bond acceptors (Lipinski definition) is 2. The van der Waals surface area contributed by atoms with Crippen molar-refractivity contribution in [3.63, 3.8) is 0 Å². The molecule has 90 valence electrons. The lowest BCUT2D eigenvalue weighted by Crippen LogP contribution is -2.26. The van der Waals surface area contributed by atoms with Crippen LogP contribution in [0.3, 0.4) is 0 Å². The minimum atomic E-state index is 0.230. The largest absolute Gasteiger partial charge is 0.330 e. The molecule has 1 saturated heterocycles. The minimum Gasteiger partial charge on any atom is -0.330 e. The highest BCUT2D eigenvalue weighted by Crippen LogP contribution is 2.45. The number of carbonyl (C=O) groups is 1. The quantitative estimate of drug-likeness (QED) is 0.861. The molecule has 0 bridgehead atoms. The van der Waals surface area contributed by atoms with Gasteiger partial charge in [-0.15, -0.1) is 0 Å². The third-order valence-electron chi connectivity index (χ3n) is 3.78. The van der Waals surface area contributed by atoms with E-state index >= 15 is 0 Å². The van der Waals surface area contributed by atoms with Crippen LogP contribution in [0.4, 0.5) is 5.69 Å². The molecule has 1 aliphatic heterocycles. The Morgan fingerprint density at radius 2 is 2.06 bits per heavy atom. The average Bonchev–Trinajstić information content (AvgIpc) is 3.13. The van der Waals surface area contributed by atoms with E-state index in [1.54, 1.807) is 0 Å². The molecular weight excluding hydrogens is 212 g/mol. The number of para-hydroxylation sites is 1. The molecule has 2 fully saturated rings. The molecule has 1 atom stereocenters. The van der Waals surface area contributed by atoms with E-state index in [9.17, 15) is 4.79 Å². The van der Waals surface area contributed by atoms with Crippen molar-refractivity contribution in [2.24, 2.45) is 11.7 Å². The summed E-state index contributed by atoms with van der Waals surface area (Å²) >= 11 is 0. The van der Waals surface area contributed by atoms with E-state index < -0.39 is 0 Å². The monoisotopic (exact) mass is 230 g/mol. The standard InChI is InChI=1S/C14H18N2O/c15-8-10-7-14(17)16(9-10)13-4-2-1-3-12(13)11-5-6-11/h1-4,10-11H,5-9,15H2. The zero-order valence-corrected chi connectivity index (χ0v) is 9.93. The maximum absolute atomic E-state index is 12.0. The van der Waals surface area contributed by atoms with Crippen molar-refractivity contribution in [3.05, 3.63) is 29.8 Å². The van der Waals surface area contributed by atoms with Gasteiger partial charge in [0, 0.05) is 18.7 Å². The Kier molecular flexibility index (Phi) is 2.63. The van der Waals surface area contributed by atoms with Gasteiger partial charge < -0.3 is 10.6 Å². The van der Waals surface area contributed by atoms with Gasteiger partial charge in [-0.3, -0.25) is 4.79 Å². The molecule has 17 heavy (non-hydrogen) atoms. The molecule has 1 saturated carbocycles. The summed E-state index contributed by atoms with van der Waals surface area (Å²) in [6, 6.07) is 8.32. The van der Waals surface area contributed by atoms with Crippen LogP contribution < -0.4 is 10.6 Å². The van der Waals surface area contributed by atoms with Gasteiger partial charge in [-0.25, -0.2) is 0 Å². The second-order valence-electron chi connectivity index (χ2n) is 5.14. The Hall–Kier alpha value is -1.35. The van der Waals surface area contributed by atoms with Crippen LogP contribution >= 0.6 is 0 Å². The van der Waals surface area contributed by atoms with Gasteiger partial charge in [0.2, 0.25) is 5.91 Å². The van der Waals surface area contributed by atoms with Crippen LogP contribution in [0.5, 0.6) is 0 Å². The van der Waals surface area contributed by atoms with Crippen LogP contribution in [0.15, 0.2) is 24.3 Å². The van der Waals surface area contributed by atoms with Crippen LogP contribution in [-0.4, -0.2) is 19.0 Å². The Balaban J connectivity index is 1.91. The fourth-order valence-corrected chi connectivity index (χ4v) is 2.65. The number of rotatable bonds is 3. The smallest absolute Gasteiger partial charge is 0.227 e. The van der Waals surface area contributed by atoms with Crippen molar-refractivity contribution in [1.29, 1.82) is 0 Å². The molecular formula is C14H18N2O. The second kappa shape index (κ2) is 4.15. The summed E-state index contributed by atoms with van der Waals surface area (Å²) in [4.78, 5) is 13.9. The molecule has 3 heteroatoms. The topological polar surface area (TPSA) is 46.3 Å². The van der Waals surface area contributed by atoms with Gasteiger partial charge in [0.15, 0.2) is 0 Å². The summed E-state index contributed by atoms with van der Waals surface area (Å²) in [5.41, 5.74) is 8.13. The van der Waals surface area contributed by atoms with Crippen LogP contribution in [0.1, 0.15) is 30.7 Å². The Morgan fingerprint density at radius 3 is 2.71 bits per heavy atom. The normalized spacial score (nSPS) is 24.4. The van der Waals surface area contributed by atoms with E-state index in [0.717, 1.165) is 12.2 Å². The van der Waals surface area contributed by atoms with E-state index in [2.05, 4.69) is 18.2 Å². The van der Waals surface area contributed by atoms with Gasteiger partial charge in [0.25, 0.3) is 0 Å². The number of amides is 1. The maximum Gasteiger partial charge on any atom is 0.227 e. The molecule has 2 N–H and O–H groups in total. The lowest BCUT2D eigenvalue weighted by atomic mass is 10.1. The highest BCUT2D eigenvalue weighted by atomic mass is 16.2. The highest BCUT2D eigenvalue weighted by Gasteiger charge is 2.33. The summed E-state index contributed by atoms with van der Waals surface area (Å²) in [6.07, 6.45) is 3.13. The lowest BCUT2D eigenvalue weighted by molar-refractivity contribution is -0.117. The van der Waals surface area contributed by atoms with Crippen molar-refractivity contribution in [2.75, 3.05) is 18.0 Å². The van der Waals surface area contributed by atoms with Crippen LogP contribution in [0.25, 0.3) is 0 Å². The average molecular weight is 230 g/mol. The molecule has 0 aromatic heterocycles. The van der Waals surface area contributed by atoms with Crippen molar-refractivity contribution < 1.29 is 4.79 Å². The molecule has 0 radical (unpaired) electrons. The summed E-state index contributed by atoms with van der Waals surface area (Å²) in [5, 5.41) is 0. The summed E-state index contributed by atoms with van der Waals surface area (Å²) < 4.78 is 0. The van der Waals surface area contributed by atoms with E-state index in [0.29, 0.717) is 24.8 Å². The van der Waals surface area contributed by atoms with Gasteiger partial charge >= 0.3 is 0 Å². The van der Waals surface area contributed by atoms with E-state index in [4.69, 9.17) is 5.73 Å². The molecule has 1 aromatic rings. The predicted octanol–water partition coefficient (Wildman–Crippen LogP) is 1.88. The first-order valence-corrected chi connectivity index (χ1v) is 6.39. The Labute approximate surface area is 102 Å². The molecule has 1 unspecified atom stereocenters. The van der Waals surface area contributed by atoms with Crippen LogP contribution in [0, 0.1) is 5.92 Å². The first-order valence-electron chi connectivity index (χ1n) is 6.39. The fraction of sp³-hybridized carbons (Fsp3) is 0.500. The molecule has 1 amide bonds. The summed E-state index contributed by atoms with van der Waals surface area (Å²) in [6.45, 7) is 1.40. The number of hydrogen-bond donors (Lipinski definition) is 1. The molecule has 3 rings (SSSR count). The zero-order valence-electron chi connectivity index (χ0n) is 9.93. The fourth-order valence-electron chi connectivity index (χ4n) is 2.65. The van der Waals surface area contributed by atoms with Crippen molar-refractivity contribution >= 4 is 11.6 Å². The number of anilines is 1. The first-order chi connectivity index (χ1) is 8.29. The molecule has 3 nitrogen and oxygen atoms in total. The third-order valence-corrected chi connectivity index (χ3v) is 3.78. The van der Waals surface area contributed by atoms with Gasteiger partial charge in [-0.1, -0.05) is 18.2 Å². The molecule has 1 aliphatic carbocycles. The lowest BCUT2D eigenvalue weighted by Gasteiger charge is -2.20. The van der Waals surface area contributed by atoms with Gasteiger partial charge in [0.05, 0.1) is 0 Å². The van der Waals surface area contributed by atoms with E-state index in [1.165, 1.54) is 18.4 Å². The van der Waals surface area contributed by atoms with Crippen molar-refractivity contribution in [2.45, 2.75) is 25.2 Å². The van der Waals surface area contributed by atoms with E-state index in [1.807, 2.05) is 11.0 Å². The maximum atomic E-state index is 12.0. The van der Waals surface area contributed by atoms with Crippen LogP contribution in [0.2, 0.25) is 0 Å². The van der Waals surface area contributed by atoms with Gasteiger partial charge in [0.1, 0.15) is 0 Å². The molecule has 1 heterocycles. The predicted molar refractivity (Wildman–Crippen MR) is 67.9 cm³/mol. The number of benzene rings is 1. The highest BCUT2D eigenvalue weighted by molar-refractivity contribution is 5.96. The number of nitrogens with two attached hydrogens (primary N) is 1. The van der Waals surface area contributed by atoms with Crippen LogP contribution in [-0.2, 0) is 4.79 Å². The van der Waals surface area contributed by atoms with Crippen molar-refractivity contribution in [3.8, 4) is 0 Å². The van der Waals surface area contributed by atoms with E-state index in [-0.39, 0.29) is 5.91 Å². The Bertz CT molecular complexity index is 440. The number of nitrogens with zero attached hydrogens (tertiary/aromatic N) is 1. The Morgan fingerprint density at radius 1 is 1.29 bits per heavy atom.